The average Bonchev–Trinajstić information content (AvgIpc) is 3.10. The Morgan fingerprint density at radius 1 is 1.39 bits per heavy atom. The number of imidazole rings is 1. The Balaban J connectivity index is 1.77. The first-order chi connectivity index (χ1) is 8.93. The quantitative estimate of drug-likeness (QED) is 0.918. The van der Waals surface area contributed by atoms with Gasteiger partial charge in [0.15, 0.2) is 0 Å². The fourth-order valence-electron chi connectivity index (χ4n) is 1.82. The monoisotopic (exact) mass is 259 g/mol. The number of para-hydroxylation sites is 1. The molecule has 1 N–H and O–H groups in total. The SMILES string of the molecule is C1=NC(COc2ccccc2-c2c[nH]cn2)CS1. The van der Waals surface area contributed by atoms with Gasteiger partial charge >= 0.3 is 0 Å². The number of nitrogens with zero attached hydrogens (tertiary/aromatic N) is 2. The number of nitrogens with one attached hydrogen (secondary N) is 1. The lowest BCUT2D eigenvalue weighted by Crippen LogP contribution is -2.15. The van der Waals surface area contributed by atoms with E-state index in [9.17, 15) is 0 Å². The van der Waals surface area contributed by atoms with Crippen LogP contribution >= 0.6 is 11.8 Å². The number of benzene rings is 1. The van der Waals surface area contributed by atoms with Crippen molar-refractivity contribution in [2.24, 2.45) is 4.99 Å². The van der Waals surface area contributed by atoms with Crippen molar-refractivity contribution in [3.05, 3.63) is 36.8 Å². The van der Waals surface area contributed by atoms with Gasteiger partial charge in [0, 0.05) is 17.5 Å². The Bertz CT molecular complexity index is 539. The van der Waals surface area contributed by atoms with Crippen LogP contribution in [0.25, 0.3) is 11.3 Å². The third-order valence-corrected chi connectivity index (χ3v) is 3.58. The summed E-state index contributed by atoms with van der Waals surface area (Å²) in [5, 5.41) is 0. The van der Waals surface area contributed by atoms with Crippen LogP contribution in [0.4, 0.5) is 0 Å². The largest absolute Gasteiger partial charge is 0.491 e. The van der Waals surface area contributed by atoms with Crippen molar-refractivity contribution >= 4 is 17.3 Å². The van der Waals surface area contributed by atoms with Crippen LogP contribution in [0, 0.1) is 0 Å². The van der Waals surface area contributed by atoms with Gasteiger partial charge < -0.3 is 9.72 Å². The highest BCUT2D eigenvalue weighted by Gasteiger charge is 2.13. The molecule has 1 unspecified atom stereocenters. The van der Waals surface area contributed by atoms with E-state index in [2.05, 4.69) is 15.0 Å². The minimum absolute atomic E-state index is 0.266. The predicted octanol–water partition coefficient (Wildman–Crippen LogP) is 2.60. The summed E-state index contributed by atoms with van der Waals surface area (Å²) in [7, 11) is 0. The van der Waals surface area contributed by atoms with Gasteiger partial charge in [0.05, 0.1) is 23.6 Å². The smallest absolute Gasteiger partial charge is 0.128 e. The second kappa shape index (κ2) is 5.27. The van der Waals surface area contributed by atoms with Crippen LogP contribution in [0.1, 0.15) is 0 Å². The number of H-pyrrole nitrogens is 1. The maximum Gasteiger partial charge on any atom is 0.128 e. The Morgan fingerprint density at radius 2 is 2.33 bits per heavy atom. The third kappa shape index (κ3) is 2.41. The van der Waals surface area contributed by atoms with Crippen LogP contribution in [0.5, 0.6) is 5.75 Å². The van der Waals surface area contributed by atoms with Crippen molar-refractivity contribution in [3.8, 4) is 17.0 Å². The minimum Gasteiger partial charge on any atom is -0.491 e. The maximum atomic E-state index is 5.86. The van der Waals surface area contributed by atoms with Gasteiger partial charge in [0.1, 0.15) is 12.4 Å². The Hall–Kier alpha value is -1.75. The van der Waals surface area contributed by atoms with Crippen LogP contribution in [-0.4, -0.2) is 33.9 Å². The molecule has 0 spiro atoms. The molecule has 2 aromatic rings. The Kier molecular flexibility index (Phi) is 3.32. The summed E-state index contributed by atoms with van der Waals surface area (Å²) in [4.78, 5) is 11.6. The van der Waals surface area contributed by atoms with E-state index >= 15 is 0 Å². The number of hydrogen-bond donors (Lipinski definition) is 1. The molecule has 0 fully saturated rings. The first-order valence-corrected chi connectivity index (χ1v) is 6.82. The lowest BCUT2D eigenvalue weighted by atomic mass is 10.1. The van der Waals surface area contributed by atoms with Crippen LogP contribution in [0.15, 0.2) is 41.8 Å². The normalized spacial score (nSPS) is 18.1. The summed E-state index contributed by atoms with van der Waals surface area (Å²) in [5.41, 5.74) is 3.80. The van der Waals surface area contributed by atoms with Crippen LogP contribution in [-0.2, 0) is 0 Å². The first-order valence-electron chi connectivity index (χ1n) is 5.78. The molecule has 1 aliphatic heterocycles. The molecule has 0 saturated heterocycles. The molecule has 2 heterocycles. The maximum absolute atomic E-state index is 5.86. The molecule has 3 rings (SSSR count). The minimum atomic E-state index is 0.266. The summed E-state index contributed by atoms with van der Waals surface area (Å²) in [6, 6.07) is 8.20. The van der Waals surface area contributed by atoms with Gasteiger partial charge in [-0.25, -0.2) is 4.98 Å². The molecule has 18 heavy (non-hydrogen) atoms. The average molecular weight is 259 g/mol. The summed E-state index contributed by atoms with van der Waals surface area (Å²) in [6.07, 6.45) is 3.54. The molecular weight excluding hydrogens is 246 g/mol. The molecule has 1 aliphatic rings. The van der Waals surface area contributed by atoms with Gasteiger partial charge in [0.25, 0.3) is 0 Å². The molecule has 0 saturated carbocycles. The Labute approximate surface area is 110 Å². The fraction of sp³-hybridized carbons (Fsp3) is 0.231. The van der Waals surface area contributed by atoms with E-state index in [-0.39, 0.29) is 6.04 Å². The topological polar surface area (TPSA) is 50.3 Å². The molecule has 0 amide bonds. The molecule has 92 valence electrons. The number of thioether (sulfide) groups is 1. The van der Waals surface area contributed by atoms with Crippen molar-refractivity contribution < 1.29 is 4.74 Å². The van der Waals surface area contributed by atoms with Gasteiger partial charge in [0.2, 0.25) is 0 Å². The number of aliphatic imine (C=N–C) groups is 1. The van der Waals surface area contributed by atoms with Crippen molar-refractivity contribution in [3.63, 3.8) is 0 Å². The van der Waals surface area contributed by atoms with E-state index in [1.165, 1.54) is 0 Å². The van der Waals surface area contributed by atoms with E-state index < -0.39 is 0 Å². The zero-order valence-electron chi connectivity index (χ0n) is 9.74. The van der Waals surface area contributed by atoms with Crippen LogP contribution in [0.3, 0.4) is 0 Å². The van der Waals surface area contributed by atoms with Crippen LogP contribution < -0.4 is 4.74 Å². The van der Waals surface area contributed by atoms with Crippen molar-refractivity contribution in [2.45, 2.75) is 6.04 Å². The third-order valence-electron chi connectivity index (χ3n) is 2.73. The van der Waals surface area contributed by atoms with Gasteiger partial charge in [-0.3, -0.25) is 4.99 Å². The standard InChI is InChI=1S/C13H13N3OS/c1-2-4-13(17-6-10-7-18-9-16-10)11(3-1)12-5-14-8-15-12/h1-5,8-10H,6-7H2,(H,14,15). The van der Waals surface area contributed by atoms with Crippen molar-refractivity contribution in [2.75, 3.05) is 12.4 Å². The van der Waals surface area contributed by atoms with E-state index in [1.807, 2.05) is 36.0 Å². The molecule has 0 bridgehead atoms. The highest BCUT2D eigenvalue weighted by atomic mass is 32.2. The second-order valence-electron chi connectivity index (χ2n) is 4.00. The van der Waals surface area contributed by atoms with E-state index in [0.717, 1.165) is 22.8 Å². The van der Waals surface area contributed by atoms with Crippen LogP contribution in [0.2, 0.25) is 0 Å². The second-order valence-corrected chi connectivity index (χ2v) is 4.88. The highest BCUT2D eigenvalue weighted by Crippen LogP contribution is 2.28. The van der Waals surface area contributed by atoms with E-state index in [1.54, 1.807) is 18.1 Å². The van der Waals surface area contributed by atoms with Gasteiger partial charge in [-0.2, -0.15) is 0 Å². The summed E-state index contributed by atoms with van der Waals surface area (Å²) in [6.45, 7) is 0.616. The zero-order chi connectivity index (χ0) is 12.2. The fourth-order valence-corrected chi connectivity index (χ4v) is 2.56. The lowest BCUT2D eigenvalue weighted by Gasteiger charge is -2.12. The highest BCUT2D eigenvalue weighted by molar-refractivity contribution is 8.12. The van der Waals surface area contributed by atoms with E-state index in [4.69, 9.17) is 4.74 Å². The van der Waals surface area contributed by atoms with Crippen molar-refractivity contribution in [1.82, 2.24) is 9.97 Å². The molecule has 1 atom stereocenters. The van der Waals surface area contributed by atoms with Gasteiger partial charge in [-0.15, -0.1) is 11.8 Å². The van der Waals surface area contributed by atoms with E-state index in [0.29, 0.717) is 6.61 Å². The molecule has 1 aromatic carbocycles. The number of aromatic amines is 1. The number of rotatable bonds is 4. The first kappa shape index (κ1) is 11.3. The van der Waals surface area contributed by atoms with Crippen molar-refractivity contribution in [1.29, 1.82) is 0 Å². The molecule has 4 nitrogen and oxygen atoms in total. The summed E-state index contributed by atoms with van der Waals surface area (Å²) < 4.78 is 5.86. The number of aromatic nitrogens is 2. The molecular formula is C13H13N3OS. The summed E-state index contributed by atoms with van der Waals surface area (Å²) in [5.74, 6) is 1.86. The lowest BCUT2D eigenvalue weighted by molar-refractivity contribution is 0.301. The number of hydrogen-bond acceptors (Lipinski definition) is 4. The molecule has 0 radical (unpaired) electrons. The summed E-state index contributed by atoms with van der Waals surface area (Å²) >= 11 is 1.73. The molecule has 1 aromatic heterocycles. The predicted molar refractivity (Wildman–Crippen MR) is 74.3 cm³/mol. The van der Waals surface area contributed by atoms with Gasteiger partial charge in [-0.1, -0.05) is 12.1 Å². The molecule has 0 aliphatic carbocycles. The Morgan fingerprint density at radius 3 is 3.11 bits per heavy atom. The van der Waals surface area contributed by atoms with Gasteiger partial charge in [-0.05, 0) is 12.1 Å². The number of ether oxygens (including phenoxy) is 1. The zero-order valence-corrected chi connectivity index (χ0v) is 10.6. The molecule has 5 heteroatoms.